The second-order valence-corrected chi connectivity index (χ2v) is 19.1. The number of para-hydroxylation sites is 1. The number of aromatic amines is 1. The molecule has 0 spiro atoms. The lowest BCUT2D eigenvalue weighted by Crippen LogP contribution is -2.60. The van der Waals surface area contributed by atoms with E-state index < -0.39 is 121 Å². The van der Waals surface area contributed by atoms with Gasteiger partial charge >= 0.3 is 0 Å². The van der Waals surface area contributed by atoms with Gasteiger partial charge in [0.2, 0.25) is 59.1 Å². The summed E-state index contributed by atoms with van der Waals surface area (Å²) in [6.45, 7) is 1.24. The highest BCUT2D eigenvalue weighted by Gasteiger charge is 2.35. The van der Waals surface area contributed by atoms with Gasteiger partial charge < -0.3 is 81.9 Å². The van der Waals surface area contributed by atoms with Crippen LogP contribution in [0, 0.1) is 0 Å². The number of fused-ring (bicyclic) bond motifs is 1. The minimum atomic E-state index is -1.61. The van der Waals surface area contributed by atoms with Crippen LogP contribution in [0.1, 0.15) is 88.7 Å². The molecule has 424 valence electrons. The molecule has 3 aromatic rings. The summed E-state index contributed by atoms with van der Waals surface area (Å²) in [5.74, 6) is -8.80. The van der Waals surface area contributed by atoms with E-state index in [9.17, 15) is 47.9 Å². The van der Waals surface area contributed by atoms with Crippen LogP contribution in [0.25, 0.3) is 10.9 Å². The van der Waals surface area contributed by atoms with Gasteiger partial charge in [-0.2, -0.15) is 0 Å². The molecule has 0 aliphatic carbocycles. The van der Waals surface area contributed by atoms with Crippen molar-refractivity contribution in [2.45, 2.75) is 133 Å². The molecule has 27 nitrogen and oxygen atoms in total. The number of aryl methyl sites for hydroxylation is 1. The number of aliphatic imine (C=N–C) groups is 2. The van der Waals surface area contributed by atoms with E-state index in [4.69, 9.17) is 46.0 Å². The summed E-state index contributed by atoms with van der Waals surface area (Å²) in [5.41, 5.74) is 35.2. The van der Waals surface area contributed by atoms with E-state index in [2.05, 4.69) is 57.5 Å². The first-order valence-corrected chi connectivity index (χ1v) is 25.8. The number of carbonyl (C=O) groups excluding carboxylic acids is 10. The molecular formula is C50H72ClN17O10. The summed E-state index contributed by atoms with van der Waals surface area (Å²) in [4.78, 5) is 148. The third kappa shape index (κ3) is 21.3. The fourth-order valence-electron chi connectivity index (χ4n) is 8.43. The molecule has 4 rings (SSSR count). The zero-order valence-electron chi connectivity index (χ0n) is 43.4. The maximum absolute atomic E-state index is 14.7. The number of amides is 10. The zero-order valence-corrected chi connectivity index (χ0v) is 44.1. The number of H-pyrrole nitrogens is 1. The van der Waals surface area contributed by atoms with E-state index in [1.165, 1.54) is 6.92 Å². The van der Waals surface area contributed by atoms with Crippen molar-refractivity contribution >= 4 is 93.5 Å². The Bertz CT molecular complexity index is 2670. The number of carbonyl (C=O) groups is 10. The lowest BCUT2D eigenvalue weighted by molar-refractivity contribution is -0.136. The van der Waals surface area contributed by atoms with Crippen molar-refractivity contribution in [3.05, 3.63) is 70.9 Å². The Labute approximate surface area is 455 Å². The number of rotatable bonds is 20. The smallest absolute Gasteiger partial charge is 0.243 e. The number of aromatic nitrogens is 1. The molecule has 0 bridgehead atoms. The van der Waals surface area contributed by atoms with Crippen molar-refractivity contribution in [1.82, 2.24) is 47.5 Å². The SMILES string of the molecule is CC(=O)N[C@@H](CCCN=C(N)N)C(=O)N[C@H]1CCC(=O)NCCC[C@@H](C(N)=O)NC(=O)[C@H](Cc2c[nH]c3ccccc23)NC(=O)[C@H](CCCN=C(N)N)NC(=O)[C@@H](CCc2ccccc2Cl)NC(=O)[C@H](CCC(N)=O)NC1=O. The highest BCUT2D eigenvalue weighted by Crippen LogP contribution is 2.21. The molecule has 1 fully saturated rings. The van der Waals surface area contributed by atoms with Gasteiger partial charge in [0.1, 0.15) is 42.3 Å². The molecule has 0 radical (unpaired) electrons. The molecule has 21 N–H and O–H groups in total. The zero-order chi connectivity index (χ0) is 57.3. The molecule has 78 heavy (non-hydrogen) atoms. The number of guanidine groups is 2. The Morgan fingerprint density at radius 3 is 1.92 bits per heavy atom. The molecule has 10 amide bonds. The van der Waals surface area contributed by atoms with E-state index in [1.54, 1.807) is 36.5 Å². The molecule has 28 heteroatoms. The average Bonchev–Trinajstić information content (AvgIpc) is 3.80. The molecule has 0 unspecified atom stereocenters. The van der Waals surface area contributed by atoms with Crippen molar-refractivity contribution in [3.8, 4) is 0 Å². The minimum Gasteiger partial charge on any atom is -0.370 e. The van der Waals surface area contributed by atoms with Gasteiger partial charge in [-0.3, -0.25) is 57.9 Å². The maximum atomic E-state index is 14.7. The van der Waals surface area contributed by atoms with Crippen LogP contribution < -0.4 is 76.9 Å². The van der Waals surface area contributed by atoms with Crippen molar-refractivity contribution in [2.75, 3.05) is 19.6 Å². The Hall–Kier alpha value is -8.49. The van der Waals surface area contributed by atoms with Gasteiger partial charge in [0, 0.05) is 67.9 Å². The lowest BCUT2D eigenvalue weighted by atomic mass is 10.0. The van der Waals surface area contributed by atoms with Crippen molar-refractivity contribution in [3.63, 3.8) is 0 Å². The number of primary amides is 2. The number of hydrogen-bond donors (Lipinski definition) is 15. The molecule has 1 saturated heterocycles. The van der Waals surface area contributed by atoms with Crippen LogP contribution in [0.15, 0.2) is 64.7 Å². The standard InChI is InChI=1S/C50H72ClN17O10/c1-27(69)62-34(14-7-23-59-49(54)55)43(73)67-38-19-21-41(71)58-22-6-13-33(42(53)72)63-48(78)39(25-29-26-61-32-12-5-3-10-30(29)32)68-44(74)35(15-8-24-60-50(56)57)64-45(75)36(17-16-28-9-2-4-11-31(28)51)65-46(76)37(66-47(38)77)18-20-40(52)70/h2-5,9-12,26,33-39,61H,6-8,13-25H2,1H3,(H2,52,70)(H2,53,72)(H,58,71)(H,62,69)(H,63,78)(H,64,75)(H,65,76)(H,66,77)(H,67,73)(H,68,74)(H4,54,55,59)(H4,56,57,60)/t33-,34-,35-,36+,37-,38-,39-/m0/s1. The lowest BCUT2D eigenvalue weighted by Gasteiger charge is -2.28. The van der Waals surface area contributed by atoms with Gasteiger partial charge in [-0.05, 0) is 87.5 Å². The monoisotopic (exact) mass is 1110 g/mol. The van der Waals surface area contributed by atoms with Crippen LogP contribution in [-0.4, -0.2) is 138 Å². The summed E-state index contributed by atoms with van der Waals surface area (Å²) in [5, 5.41) is 22.1. The van der Waals surface area contributed by atoms with Crippen LogP contribution in [0.3, 0.4) is 0 Å². The molecular weight excluding hydrogens is 1030 g/mol. The molecule has 2 heterocycles. The predicted molar refractivity (Wildman–Crippen MR) is 290 cm³/mol. The Morgan fingerprint density at radius 2 is 1.28 bits per heavy atom. The quantitative estimate of drug-likeness (QED) is 0.0304. The van der Waals surface area contributed by atoms with Crippen molar-refractivity contribution < 1.29 is 47.9 Å². The fourth-order valence-corrected chi connectivity index (χ4v) is 8.66. The van der Waals surface area contributed by atoms with E-state index in [0.717, 1.165) is 10.9 Å². The highest BCUT2D eigenvalue weighted by atomic mass is 35.5. The van der Waals surface area contributed by atoms with Gasteiger partial charge in [0.15, 0.2) is 11.9 Å². The molecule has 1 aromatic heterocycles. The first-order valence-electron chi connectivity index (χ1n) is 25.4. The first kappa shape index (κ1) is 62.1. The Kier molecular flexibility index (Phi) is 25.1. The fraction of sp³-hybridized carbons (Fsp3) is 0.480. The van der Waals surface area contributed by atoms with Crippen molar-refractivity contribution in [2.24, 2.45) is 44.4 Å². The van der Waals surface area contributed by atoms with Gasteiger partial charge in [-0.1, -0.05) is 48.0 Å². The second kappa shape index (κ2) is 31.5. The van der Waals surface area contributed by atoms with Gasteiger partial charge in [-0.25, -0.2) is 0 Å². The van der Waals surface area contributed by atoms with Crippen LogP contribution in [-0.2, 0) is 60.8 Å². The van der Waals surface area contributed by atoms with Crippen LogP contribution in [0.2, 0.25) is 5.02 Å². The van der Waals surface area contributed by atoms with Crippen LogP contribution in [0.4, 0.5) is 0 Å². The summed E-state index contributed by atoms with van der Waals surface area (Å²) in [7, 11) is 0. The Morgan fingerprint density at radius 1 is 0.692 bits per heavy atom. The van der Waals surface area contributed by atoms with Gasteiger partial charge in [-0.15, -0.1) is 0 Å². The third-order valence-electron chi connectivity index (χ3n) is 12.5. The minimum absolute atomic E-state index is 0.00852. The van der Waals surface area contributed by atoms with Gasteiger partial charge in [0.05, 0.1) is 0 Å². The number of nitrogens with one attached hydrogen (secondary N) is 9. The Balaban J connectivity index is 1.80. The van der Waals surface area contributed by atoms with E-state index in [-0.39, 0.29) is 95.8 Å². The maximum Gasteiger partial charge on any atom is 0.243 e. The summed E-state index contributed by atoms with van der Waals surface area (Å²) in [6.07, 6.45) is 0.119. The first-order chi connectivity index (χ1) is 37.1. The largest absolute Gasteiger partial charge is 0.370 e. The molecule has 2 aromatic carbocycles. The number of benzene rings is 2. The van der Waals surface area contributed by atoms with Crippen LogP contribution >= 0.6 is 11.6 Å². The van der Waals surface area contributed by atoms with E-state index >= 15 is 0 Å². The van der Waals surface area contributed by atoms with Crippen LogP contribution in [0.5, 0.6) is 0 Å². The molecule has 0 saturated carbocycles. The number of hydrogen-bond acceptors (Lipinski definition) is 12. The van der Waals surface area contributed by atoms with Gasteiger partial charge in [0.25, 0.3) is 0 Å². The topological polar surface area (TPSA) is 464 Å². The average molecular weight is 1110 g/mol. The molecule has 1 aliphatic rings. The van der Waals surface area contributed by atoms with Crippen molar-refractivity contribution in [1.29, 1.82) is 0 Å². The van der Waals surface area contributed by atoms with E-state index in [1.807, 2.05) is 18.2 Å². The third-order valence-corrected chi connectivity index (χ3v) is 12.9. The van der Waals surface area contributed by atoms with E-state index in [0.29, 0.717) is 16.1 Å². The number of nitrogens with zero attached hydrogens (tertiary/aromatic N) is 2. The summed E-state index contributed by atoms with van der Waals surface area (Å²) < 4.78 is 0. The number of halogens is 1. The normalized spacial score (nSPS) is 20.7. The highest BCUT2D eigenvalue weighted by molar-refractivity contribution is 6.31. The predicted octanol–water partition coefficient (Wildman–Crippen LogP) is -3.04. The summed E-state index contributed by atoms with van der Waals surface area (Å²) >= 11 is 6.51. The number of nitrogens with two attached hydrogens (primary N) is 6. The second-order valence-electron chi connectivity index (χ2n) is 18.6. The summed E-state index contributed by atoms with van der Waals surface area (Å²) in [6, 6.07) is 3.98. The molecule has 7 atom stereocenters. The molecule has 1 aliphatic heterocycles.